The normalized spacial score (nSPS) is 23.4. The van der Waals surface area contributed by atoms with Crippen molar-refractivity contribution in [2.45, 2.75) is 128 Å². The van der Waals surface area contributed by atoms with E-state index in [4.69, 9.17) is 9.47 Å². The summed E-state index contributed by atoms with van der Waals surface area (Å²) in [4.78, 5) is 58.8. The van der Waals surface area contributed by atoms with Gasteiger partial charge in [-0.2, -0.15) is 13.2 Å². The van der Waals surface area contributed by atoms with Crippen molar-refractivity contribution in [3.63, 3.8) is 0 Å². The molecule has 5 aliphatic rings. The highest BCUT2D eigenvalue weighted by atomic mass is 19.4. The van der Waals surface area contributed by atoms with Gasteiger partial charge in [0.1, 0.15) is 11.8 Å². The number of ether oxygens (including phenoxy) is 2. The van der Waals surface area contributed by atoms with Crippen LogP contribution in [0, 0.1) is 11.3 Å². The number of alkyl halides is 3. The first kappa shape index (κ1) is 49.7. The number of halogens is 3. The van der Waals surface area contributed by atoms with Crippen LogP contribution in [0.5, 0.6) is 5.75 Å². The summed E-state index contributed by atoms with van der Waals surface area (Å²) in [5, 5.41) is 2.38. The van der Waals surface area contributed by atoms with Crippen LogP contribution in [0.3, 0.4) is 0 Å². The van der Waals surface area contributed by atoms with Gasteiger partial charge in [-0.25, -0.2) is 4.79 Å². The van der Waals surface area contributed by atoms with E-state index in [9.17, 15) is 32.3 Å². The molecule has 3 aromatic carbocycles. The molecule has 0 radical (unpaired) electrons. The average Bonchev–Trinajstić information content (AvgIpc) is 3.62. The summed E-state index contributed by atoms with van der Waals surface area (Å²) >= 11 is 0. The van der Waals surface area contributed by atoms with E-state index < -0.39 is 23.5 Å². The van der Waals surface area contributed by atoms with Gasteiger partial charge in [-0.15, -0.1) is 0 Å². The summed E-state index contributed by atoms with van der Waals surface area (Å²) < 4.78 is 58.0. The van der Waals surface area contributed by atoms with Crippen LogP contribution in [0.4, 0.5) is 13.2 Å². The predicted octanol–water partition coefficient (Wildman–Crippen LogP) is 8.68. The summed E-state index contributed by atoms with van der Waals surface area (Å²) in [7, 11) is 1.64. The molecule has 1 unspecified atom stereocenters. The van der Waals surface area contributed by atoms with Gasteiger partial charge in [0.05, 0.1) is 29.2 Å². The highest BCUT2D eigenvalue weighted by Crippen LogP contribution is 2.46. The Bertz CT molecular complexity index is 2680. The van der Waals surface area contributed by atoms with Crippen molar-refractivity contribution in [2.24, 2.45) is 11.3 Å². The van der Waals surface area contributed by atoms with Gasteiger partial charge in [-0.3, -0.25) is 38.6 Å². The Morgan fingerprint density at radius 1 is 0.914 bits per heavy atom. The number of hydrogen-bond acceptors (Lipinski definition) is 8. The molecule has 3 amide bonds. The molecule has 1 aliphatic carbocycles. The van der Waals surface area contributed by atoms with Crippen LogP contribution in [0.2, 0.25) is 0 Å². The van der Waals surface area contributed by atoms with E-state index in [1.165, 1.54) is 29.6 Å². The van der Waals surface area contributed by atoms with Gasteiger partial charge >= 0.3 is 11.9 Å². The number of methoxy groups -OCH3 is 1. The lowest BCUT2D eigenvalue weighted by molar-refractivity contribution is -0.217. The summed E-state index contributed by atoms with van der Waals surface area (Å²) in [6, 6.07) is 19.4. The molecule has 376 valence electrons. The van der Waals surface area contributed by atoms with Crippen LogP contribution >= 0.6 is 0 Å². The molecule has 5 heterocycles. The molecule has 15 heteroatoms. The molecule has 3 atom stereocenters. The van der Waals surface area contributed by atoms with Crippen LogP contribution in [0.1, 0.15) is 124 Å². The number of carbonyl (C=O) groups is 3. The molecule has 1 N–H and O–H groups in total. The van der Waals surface area contributed by atoms with E-state index >= 15 is 0 Å². The smallest absolute Gasteiger partial charge is 0.395 e. The van der Waals surface area contributed by atoms with Crippen molar-refractivity contribution in [3.8, 4) is 5.75 Å². The molecule has 4 aliphatic heterocycles. The van der Waals surface area contributed by atoms with Gasteiger partial charge in [-0.05, 0) is 150 Å². The first-order valence-corrected chi connectivity index (χ1v) is 25.3. The minimum atomic E-state index is -4.35. The van der Waals surface area contributed by atoms with Gasteiger partial charge in [-0.1, -0.05) is 42.5 Å². The summed E-state index contributed by atoms with van der Waals surface area (Å²) in [5.74, 6) is 0.437. The summed E-state index contributed by atoms with van der Waals surface area (Å²) in [6.07, 6.45) is 5.05. The number of imide groups is 1. The number of hydrogen-bond donors (Lipinski definition) is 1. The summed E-state index contributed by atoms with van der Waals surface area (Å²) in [6.45, 7) is 12.5. The zero-order valence-electron chi connectivity index (χ0n) is 41.5. The van der Waals surface area contributed by atoms with Gasteiger partial charge in [0, 0.05) is 76.4 Å². The molecular formula is C55H69F3N6O6. The van der Waals surface area contributed by atoms with Crippen molar-refractivity contribution in [1.29, 1.82) is 0 Å². The molecule has 0 bridgehead atoms. The summed E-state index contributed by atoms with van der Waals surface area (Å²) in [5.41, 5.74) is 4.66. The molecule has 70 heavy (non-hydrogen) atoms. The number of nitrogens with zero attached hydrogens (tertiary/aromatic N) is 5. The average molecular weight is 967 g/mol. The minimum absolute atomic E-state index is 0.0301. The van der Waals surface area contributed by atoms with Crippen LogP contribution in [0.25, 0.3) is 16.6 Å². The quantitative estimate of drug-likeness (QED) is 0.125. The predicted molar refractivity (Wildman–Crippen MR) is 264 cm³/mol. The van der Waals surface area contributed by atoms with E-state index in [-0.39, 0.29) is 47.9 Å². The third-order valence-corrected chi connectivity index (χ3v) is 16.0. The zero-order valence-corrected chi connectivity index (χ0v) is 41.5. The number of nitrogens with one attached hydrogen (secondary N) is 1. The molecule has 3 fully saturated rings. The zero-order chi connectivity index (χ0) is 49.6. The van der Waals surface area contributed by atoms with Crippen molar-refractivity contribution in [3.05, 3.63) is 105 Å². The first-order valence-electron chi connectivity index (χ1n) is 25.3. The fourth-order valence-electron chi connectivity index (χ4n) is 12.1. The van der Waals surface area contributed by atoms with Crippen molar-refractivity contribution in [2.75, 3.05) is 59.5 Å². The topological polar surface area (TPSA) is 118 Å². The number of allylic oxidation sites excluding steroid dienone is 2. The number of rotatable bonds is 14. The third-order valence-electron chi connectivity index (χ3n) is 16.0. The molecule has 0 spiro atoms. The monoisotopic (exact) mass is 967 g/mol. The number of benzene rings is 3. The van der Waals surface area contributed by atoms with Crippen molar-refractivity contribution in [1.82, 2.24) is 29.2 Å². The lowest BCUT2D eigenvalue weighted by Gasteiger charge is -2.46. The molecule has 1 aromatic heterocycles. The fourth-order valence-corrected chi connectivity index (χ4v) is 12.1. The Morgan fingerprint density at radius 3 is 2.31 bits per heavy atom. The van der Waals surface area contributed by atoms with Gasteiger partial charge in [0.15, 0.2) is 0 Å². The van der Waals surface area contributed by atoms with Crippen LogP contribution in [0.15, 0.2) is 71.5 Å². The number of imidazole rings is 1. The number of piperidine rings is 1. The van der Waals surface area contributed by atoms with E-state index in [0.29, 0.717) is 69.2 Å². The molecule has 9 rings (SSSR count). The maximum absolute atomic E-state index is 14.4. The second kappa shape index (κ2) is 19.7. The Morgan fingerprint density at radius 2 is 1.66 bits per heavy atom. The lowest BCUT2D eigenvalue weighted by Crippen LogP contribution is -2.50. The number of amides is 3. The van der Waals surface area contributed by atoms with E-state index in [0.717, 1.165) is 86.1 Å². The van der Waals surface area contributed by atoms with Gasteiger partial charge in [0.25, 0.3) is 5.91 Å². The molecular weight excluding hydrogens is 898 g/mol. The minimum Gasteiger partial charge on any atom is -0.497 e. The van der Waals surface area contributed by atoms with E-state index in [1.807, 2.05) is 28.0 Å². The maximum Gasteiger partial charge on any atom is 0.395 e. The van der Waals surface area contributed by atoms with Crippen molar-refractivity contribution < 1.29 is 37.0 Å². The number of aryl methyl sites for hydroxylation is 2. The van der Waals surface area contributed by atoms with Crippen LogP contribution < -0.4 is 15.7 Å². The molecule has 4 aromatic rings. The Hall–Kier alpha value is -5.25. The Labute approximate surface area is 409 Å². The Kier molecular flexibility index (Phi) is 14.0. The highest BCUT2D eigenvalue weighted by Gasteiger charge is 2.49. The molecule has 3 saturated heterocycles. The van der Waals surface area contributed by atoms with Gasteiger partial charge in [0.2, 0.25) is 11.8 Å². The highest BCUT2D eigenvalue weighted by molar-refractivity contribution is 6.02. The lowest BCUT2D eigenvalue weighted by atomic mass is 9.67. The van der Waals surface area contributed by atoms with E-state index in [1.54, 1.807) is 17.7 Å². The van der Waals surface area contributed by atoms with Crippen LogP contribution in [-0.4, -0.2) is 113 Å². The van der Waals surface area contributed by atoms with E-state index in [2.05, 4.69) is 66.5 Å². The maximum atomic E-state index is 14.4. The van der Waals surface area contributed by atoms with Crippen LogP contribution in [-0.2, 0) is 39.3 Å². The molecule has 0 saturated carbocycles. The Balaban J connectivity index is 0.807. The number of carbonyl (C=O) groups excluding carboxylic acids is 3. The largest absolute Gasteiger partial charge is 0.497 e. The fraction of sp³-hybridized carbons (Fsp3) is 0.564. The molecule has 12 nitrogen and oxygen atoms in total. The number of aromatic nitrogens is 2. The standard InChI is InChI=1S/C55H69F3N6O6/c1-52(2,55(56,57)58)36-61(27-24-54(25-32-70-53(3,4)35-54)41-16-18-42(69-5)19-17-41)34-38-10-14-40(15-11-38)39-12-8-37(9-13-39)33-60-28-30-62(31-29-60)50(67)44-20-21-45-48-43(44)7-6-26-63(48)51(68)64(45)46-22-23-47(65)59-49(46)66/h10-12,14-21,37,46H,6-9,13,22-36H2,1-5H3,(H,59,65,66)/t37-,46?,54+/m0/s1. The van der Waals surface area contributed by atoms with Gasteiger partial charge < -0.3 is 14.4 Å². The SMILES string of the molecule is COc1ccc([C@]2(CCN(Cc3ccc(C4=CC[C@H](CN5CCN(C(=O)c6ccc7c8c6CCCn8c(=O)n7C6CCC(=O)NC6=O)CC5)CC4)cc3)CC(C)(C)C(F)(F)F)CCOC(C)(C)C2)cc1. The second-order valence-corrected chi connectivity index (χ2v) is 21.9. The third kappa shape index (κ3) is 10.3. The van der Waals surface area contributed by atoms with Crippen molar-refractivity contribution >= 4 is 34.3 Å². The number of piperazine rings is 1. The second-order valence-electron chi connectivity index (χ2n) is 21.9. The first-order chi connectivity index (χ1) is 33.3.